The van der Waals surface area contributed by atoms with Gasteiger partial charge in [0.2, 0.25) is 0 Å². The molecule has 19 heavy (non-hydrogen) atoms. The molecule has 0 bridgehead atoms. The van der Waals surface area contributed by atoms with Crippen molar-refractivity contribution in [3.8, 4) is 0 Å². The summed E-state index contributed by atoms with van der Waals surface area (Å²) in [7, 11) is 0. The average molecular weight is 262 g/mol. The predicted octanol–water partition coefficient (Wildman–Crippen LogP) is 3.24. The van der Waals surface area contributed by atoms with Gasteiger partial charge in [-0.05, 0) is 24.7 Å². The molecule has 3 aliphatic rings. The Bertz CT molecular complexity index is 391. The highest BCUT2D eigenvalue weighted by Gasteiger charge is 2.49. The Morgan fingerprint density at radius 1 is 0.895 bits per heavy atom. The van der Waals surface area contributed by atoms with E-state index in [4.69, 9.17) is 4.74 Å². The maximum atomic E-state index is 12.0. The smallest absolute Gasteiger partial charge is 0.317 e. The van der Waals surface area contributed by atoms with E-state index in [0.717, 1.165) is 6.42 Å². The van der Waals surface area contributed by atoms with E-state index in [-0.39, 0.29) is 23.8 Å². The molecule has 0 aromatic rings. The van der Waals surface area contributed by atoms with Crippen LogP contribution in [0.3, 0.4) is 0 Å². The minimum atomic E-state index is -0.292. The summed E-state index contributed by atoms with van der Waals surface area (Å²) in [5.74, 6) is -0.0183. The Morgan fingerprint density at radius 3 is 2.32 bits per heavy atom. The van der Waals surface area contributed by atoms with E-state index in [1.165, 1.54) is 38.5 Å². The molecule has 3 rings (SSSR count). The van der Waals surface area contributed by atoms with Crippen molar-refractivity contribution in [3.63, 3.8) is 0 Å². The Morgan fingerprint density at radius 2 is 1.58 bits per heavy atom. The van der Waals surface area contributed by atoms with Crippen LogP contribution in [0.15, 0.2) is 12.2 Å². The highest BCUT2D eigenvalue weighted by atomic mass is 16.6. The Balaban J connectivity index is 1.83. The zero-order valence-corrected chi connectivity index (χ0v) is 11.3. The van der Waals surface area contributed by atoms with Crippen molar-refractivity contribution in [2.24, 2.45) is 23.7 Å². The topological polar surface area (TPSA) is 43.4 Å². The lowest BCUT2D eigenvalue weighted by molar-refractivity contribution is -0.154. The van der Waals surface area contributed by atoms with Crippen molar-refractivity contribution in [2.45, 2.75) is 51.4 Å². The molecule has 3 nitrogen and oxygen atoms in total. The molecular formula is C16H22O3. The molecule has 1 saturated carbocycles. The molecule has 1 aliphatic heterocycles. The number of esters is 2. The fraction of sp³-hybridized carbons (Fsp3) is 0.750. The summed E-state index contributed by atoms with van der Waals surface area (Å²) < 4.78 is 4.90. The van der Waals surface area contributed by atoms with E-state index in [2.05, 4.69) is 12.2 Å². The minimum Gasteiger partial charge on any atom is -0.393 e. The first-order valence-electron chi connectivity index (χ1n) is 7.68. The van der Waals surface area contributed by atoms with Gasteiger partial charge in [-0.1, -0.05) is 50.7 Å². The fourth-order valence-corrected chi connectivity index (χ4v) is 4.14. The van der Waals surface area contributed by atoms with Crippen LogP contribution in [0.4, 0.5) is 0 Å². The van der Waals surface area contributed by atoms with Gasteiger partial charge >= 0.3 is 11.9 Å². The number of fused-ring (bicyclic) bond motifs is 1. The van der Waals surface area contributed by atoms with Crippen molar-refractivity contribution < 1.29 is 14.3 Å². The van der Waals surface area contributed by atoms with Gasteiger partial charge in [0.05, 0.1) is 11.8 Å². The molecule has 0 spiro atoms. The lowest BCUT2D eigenvalue weighted by atomic mass is 9.72. The largest absolute Gasteiger partial charge is 0.393 e. The van der Waals surface area contributed by atoms with Crippen LogP contribution >= 0.6 is 0 Å². The monoisotopic (exact) mass is 262 g/mol. The van der Waals surface area contributed by atoms with Crippen molar-refractivity contribution in [1.82, 2.24) is 0 Å². The molecular weight excluding hydrogens is 240 g/mol. The zero-order chi connectivity index (χ0) is 13.2. The third-order valence-electron chi connectivity index (χ3n) is 5.14. The standard InChI is InChI=1S/C16H22O3/c17-15-13-10-6-5-9-12(14(13)16(18)19-15)11-7-3-1-2-4-8-11/h5-6,11-14H,1-4,7-10H2. The van der Waals surface area contributed by atoms with Crippen LogP contribution in [0, 0.1) is 23.7 Å². The van der Waals surface area contributed by atoms with Gasteiger partial charge in [0, 0.05) is 0 Å². The summed E-state index contributed by atoms with van der Waals surface area (Å²) in [6.07, 6.45) is 13.4. The van der Waals surface area contributed by atoms with Crippen LogP contribution in [0.25, 0.3) is 0 Å². The Kier molecular flexibility index (Phi) is 3.72. The van der Waals surface area contributed by atoms with Crippen LogP contribution in [-0.4, -0.2) is 11.9 Å². The SMILES string of the molecule is O=C1OC(=O)C2C1CC=CCC2C1CCCCCC1. The van der Waals surface area contributed by atoms with E-state index in [1.54, 1.807) is 0 Å². The highest BCUT2D eigenvalue weighted by Crippen LogP contribution is 2.44. The molecule has 3 atom stereocenters. The van der Waals surface area contributed by atoms with E-state index < -0.39 is 0 Å². The van der Waals surface area contributed by atoms with E-state index in [9.17, 15) is 9.59 Å². The number of cyclic esters (lactones) is 2. The fourth-order valence-electron chi connectivity index (χ4n) is 4.14. The van der Waals surface area contributed by atoms with Crippen LogP contribution in [-0.2, 0) is 14.3 Å². The first-order chi connectivity index (χ1) is 9.27. The molecule has 0 aromatic heterocycles. The van der Waals surface area contributed by atoms with Gasteiger partial charge < -0.3 is 4.74 Å². The van der Waals surface area contributed by atoms with Gasteiger partial charge in [0.25, 0.3) is 0 Å². The van der Waals surface area contributed by atoms with Gasteiger partial charge in [-0.2, -0.15) is 0 Å². The third-order valence-corrected chi connectivity index (χ3v) is 5.14. The molecule has 0 N–H and O–H groups in total. The van der Waals surface area contributed by atoms with E-state index in [0.29, 0.717) is 18.3 Å². The maximum Gasteiger partial charge on any atom is 0.317 e. The summed E-state index contributed by atoms with van der Waals surface area (Å²) >= 11 is 0. The molecule has 0 radical (unpaired) electrons. The second-order valence-corrected chi connectivity index (χ2v) is 6.23. The second-order valence-electron chi connectivity index (χ2n) is 6.23. The third kappa shape index (κ3) is 2.47. The molecule has 1 saturated heterocycles. The van der Waals surface area contributed by atoms with Crippen LogP contribution in [0.2, 0.25) is 0 Å². The van der Waals surface area contributed by atoms with Crippen LogP contribution in [0.5, 0.6) is 0 Å². The van der Waals surface area contributed by atoms with E-state index >= 15 is 0 Å². The Labute approximate surface area is 114 Å². The first kappa shape index (κ1) is 12.9. The van der Waals surface area contributed by atoms with Crippen molar-refractivity contribution in [3.05, 3.63) is 12.2 Å². The normalized spacial score (nSPS) is 36.5. The second kappa shape index (κ2) is 5.48. The number of ether oxygens (including phenoxy) is 1. The quantitative estimate of drug-likeness (QED) is 0.315. The van der Waals surface area contributed by atoms with Gasteiger partial charge in [-0.15, -0.1) is 0 Å². The molecule has 0 amide bonds. The first-order valence-corrected chi connectivity index (χ1v) is 7.68. The summed E-state index contributed by atoms with van der Waals surface area (Å²) in [4.78, 5) is 23.8. The average Bonchev–Trinajstić information content (AvgIpc) is 2.67. The molecule has 3 heteroatoms. The van der Waals surface area contributed by atoms with Gasteiger partial charge in [-0.3, -0.25) is 9.59 Å². The van der Waals surface area contributed by atoms with Gasteiger partial charge in [0.1, 0.15) is 0 Å². The molecule has 2 aliphatic carbocycles. The molecule has 3 unspecified atom stereocenters. The number of rotatable bonds is 1. The van der Waals surface area contributed by atoms with Crippen molar-refractivity contribution in [1.29, 1.82) is 0 Å². The minimum absolute atomic E-state index is 0.175. The predicted molar refractivity (Wildman–Crippen MR) is 71.1 cm³/mol. The van der Waals surface area contributed by atoms with Gasteiger partial charge in [0.15, 0.2) is 0 Å². The molecule has 2 fully saturated rings. The highest BCUT2D eigenvalue weighted by molar-refractivity contribution is 5.96. The molecule has 104 valence electrons. The van der Waals surface area contributed by atoms with Gasteiger partial charge in [-0.25, -0.2) is 0 Å². The lowest BCUT2D eigenvalue weighted by Crippen LogP contribution is -2.30. The number of hydrogen-bond acceptors (Lipinski definition) is 3. The summed E-state index contributed by atoms with van der Waals surface area (Å²) in [5.41, 5.74) is 0. The summed E-state index contributed by atoms with van der Waals surface area (Å²) in [6, 6.07) is 0. The molecule has 1 heterocycles. The Hall–Kier alpha value is -1.12. The number of carbonyl (C=O) groups is 2. The van der Waals surface area contributed by atoms with Crippen molar-refractivity contribution in [2.75, 3.05) is 0 Å². The van der Waals surface area contributed by atoms with E-state index in [1.807, 2.05) is 0 Å². The maximum absolute atomic E-state index is 12.0. The number of hydrogen-bond donors (Lipinski definition) is 0. The van der Waals surface area contributed by atoms with Crippen LogP contribution < -0.4 is 0 Å². The summed E-state index contributed by atoms with van der Waals surface area (Å²) in [5, 5.41) is 0. The van der Waals surface area contributed by atoms with Crippen LogP contribution in [0.1, 0.15) is 51.4 Å². The number of carbonyl (C=O) groups excluding carboxylic acids is 2. The van der Waals surface area contributed by atoms with Crippen molar-refractivity contribution >= 4 is 11.9 Å². The zero-order valence-electron chi connectivity index (χ0n) is 11.3. The lowest BCUT2D eigenvalue weighted by Gasteiger charge is -2.29. The number of allylic oxidation sites excluding steroid dienone is 2. The molecule has 0 aromatic carbocycles. The summed E-state index contributed by atoms with van der Waals surface area (Å²) in [6.45, 7) is 0.